The van der Waals surface area contributed by atoms with E-state index >= 15 is 0 Å². The van der Waals surface area contributed by atoms with Crippen molar-refractivity contribution in [3.63, 3.8) is 0 Å². The number of phenolic OH excluding ortho intramolecular Hbond substituents is 1. The molecule has 2 aromatic carbocycles. The van der Waals surface area contributed by atoms with Crippen molar-refractivity contribution in [1.82, 2.24) is 14.9 Å². The average Bonchev–Trinajstić information content (AvgIpc) is 3.46. The van der Waals surface area contributed by atoms with Gasteiger partial charge >= 0.3 is 0 Å². The third kappa shape index (κ3) is 3.49. The Hall–Kier alpha value is -3.88. The maximum Gasteiger partial charge on any atom is 0.259 e. The van der Waals surface area contributed by atoms with Gasteiger partial charge in [0, 0.05) is 46.4 Å². The Morgan fingerprint density at radius 2 is 1.79 bits per heavy atom. The van der Waals surface area contributed by atoms with Crippen LogP contribution < -0.4 is 5.32 Å². The fraction of sp³-hybridized carbons (Fsp3) is 0.200. The number of benzene rings is 2. The van der Waals surface area contributed by atoms with Crippen molar-refractivity contribution in [3.05, 3.63) is 66.0 Å². The maximum atomic E-state index is 13.0. The number of para-hydroxylation sites is 1. The van der Waals surface area contributed by atoms with Gasteiger partial charge < -0.3 is 24.5 Å². The number of aromatic nitrogens is 2. The Balaban J connectivity index is 1.73. The van der Waals surface area contributed by atoms with E-state index in [9.17, 15) is 19.8 Å². The van der Waals surface area contributed by atoms with Crippen LogP contribution in [0.2, 0.25) is 0 Å². The Morgan fingerprint density at radius 1 is 1.03 bits per heavy atom. The van der Waals surface area contributed by atoms with Crippen molar-refractivity contribution in [2.45, 2.75) is 19.6 Å². The largest absolute Gasteiger partial charge is 0.507 e. The minimum absolute atomic E-state index is 0.0153. The first-order valence-electron chi connectivity index (χ1n) is 10.7. The molecule has 0 aliphatic carbocycles. The first kappa shape index (κ1) is 21.0. The number of rotatable bonds is 7. The van der Waals surface area contributed by atoms with Crippen molar-refractivity contribution in [1.29, 1.82) is 0 Å². The highest BCUT2D eigenvalue weighted by atomic mass is 16.5. The molecule has 1 unspecified atom stereocenters. The molecule has 33 heavy (non-hydrogen) atoms. The lowest BCUT2D eigenvalue weighted by molar-refractivity contribution is -0.122. The lowest BCUT2D eigenvalue weighted by Gasteiger charge is -2.12. The van der Waals surface area contributed by atoms with E-state index in [-0.39, 0.29) is 30.0 Å². The van der Waals surface area contributed by atoms with E-state index in [1.807, 2.05) is 31.2 Å². The zero-order valence-corrected chi connectivity index (χ0v) is 18.0. The molecule has 4 N–H and O–H groups in total. The topological polar surface area (TPSA) is 117 Å². The van der Waals surface area contributed by atoms with Crippen molar-refractivity contribution in [3.8, 4) is 5.75 Å². The summed E-state index contributed by atoms with van der Waals surface area (Å²) < 4.78 is 7.08. The number of aliphatic hydroxyl groups excluding tert-OH is 1. The van der Waals surface area contributed by atoms with Gasteiger partial charge in [0.2, 0.25) is 0 Å². The van der Waals surface area contributed by atoms with E-state index in [1.165, 1.54) is 6.07 Å². The summed E-state index contributed by atoms with van der Waals surface area (Å²) in [5.74, 6) is -1.04. The van der Waals surface area contributed by atoms with E-state index in [0.29, 0.717) is 28.6 Å². The predicted octanol–water partition coefficient (Wildman–Crippen LogP) is 2.79. The molecule has 0 spiro atoms. The number of aromatic hydroxyl groups is 1. The van der Waals surface area contributed by atoms with Gasteiger partial charge in [-0.25, -0.2) is 0 Å². The number of carbonyl (C=O) groups is 2. The molecule has 8 heteroatoms. The quantitative estimate of drug-likeness (QED) is 0.327. The van der Waals surface area contributed by atoms with Gasteiger partial charge in [0.1, 0.15) is 5.75 Å². The number of H-pyrrole nitrogens is 1. The summed E-state index contributed by atoms with van der Waals surface area (Å²) in [5, 5.41) is 24.8. The molecule has 168 valence electrons. The number of nitrogens with zero attached hydrogens (tertiary/aromatic N) is 1. The Morgan fingerprint density at radius 3 is 2.58 bits per heavy atom. The number of carbonyl (C=O) groups excluding carboxylic acids is 2. The number of aliphatic hydroxyl groups is 1. The summed E-state index contributed by atoms with van der Waals surface area (Å²) in [5.41, 5.74) is 2.95. The normalized spacial score (nSPS) is 15.1. The number of fused-ring (bicyclic) bond motifs is 2. The van der Waals surface area contributed by atoms with Crippen LogP contribution in [-0.4, -0.2) is 50.9 Å². The Bertz CT molecular complexity index is 1430. The molecule has 0 saturated heterocycles. The van der Waals surface area contributed by atoms with Crippen LogP contribution in [0, 0.1) is 0 Å². The van der Waals surface area contributed by atoms with Gasteiger partial charge in [-0.2, -0.15) is 0 Å². The SMILES string of the molecule is CCOCC(O)Cn1cc(C2=C(c3c[nH]c4ccccc34)C(=O)NC2=O)c2c(O)cccc21. The maximum absolute atomic E-state index is 13.0. The van der Waals surface area contributed by atoms with E-state index in [4.69, 9.17) is 4.74 Å². The average molecular weight is 445 g/mol. The molecule has 4 aromatic rings. The molecule has 1 atom stereocenters. The highest BCUT2D eigenvalue weighted by Crippen LogP contribution is 2.40. The number of aromatic amines is 1. The molecule has 1 aliphatic heterocycles. The van der Waals surface area contributed by atoms with E-state index in [1.54, 1.807) is 29.1 Å². The minimum Gasteiger partial charge on any atom is -0.507 e. The van der Waals surface area contributed by atoms with Crippen LogP contribution in [0.15, 0.2) is 54.9 Å². The summed E-state index contributed by atoms with van der Waals surface area (Å²) in [7, 11) is 0. The molecule has 5 rings (SSSR count). The summed E-state index contributed by atoms with van der Waals surface area (Å²) in [4.78, 5) is 29.0. The molecule has 0 saturated carbocycles. The molecule has 3 heterocycles. The zero-order chi connectivity index (χ0) is 23.1. The van der Waals surface area contributed by atoms with Crippen molar-refractivity contribution in [2.24, 2.45) is 0 Å². The smallest absolute Gasteiger partial charge is 0.259 e. The second-order valence-corrected chi connectivity index (χ2v) is 7.96. The first-order valence-corrected chi connectivity index (χ1v) is 10.7. The number of nitrogens with one attached hydrogen (secondary N) is 2. The summed E-state index contributed by atoms with van der Waals surface area (Å²) in [6.45, 7) is 2.69. The van der Waals surface area contributed by atoms with Crippen LogP contribution in [0.25, 0.3) is 33.0 Å². The van der Waals surface area contributed by atoms with Crippen LogP contribution in [0.5, 0.6) is 5.75 Å². The van der Waals surface area contributed by atoms with Gasteiger partial charge in [-0.05, 0) is 25.1 Å². The minimum atomic E-state index is -0.781. The number of ether oxygens (including phenoxy) is 1. The molecular formula is C25H23N3O5. The van der Waals surface area contributed by atoms with Gasteiger partial charge in [0.25, 0.3) is 11.8 Å². The van der Waals surface area contributed by atoms with Crippen LogP contribution >= 0.6 is 0 Å². The Labute approximate surface area is 189 Å². The second-order valence-electron chi connectivity index (χ2n) is 7.96. The van der Waals surface area contributed by atoms with Gasteiger partial charge in [-0.1, -0.05) is 24.3 Å². The van der Waals surface area contributed by atoms with E-state index < -0.39 is 17.9 Å². The highest BCUT2D eigenvalue weighted by molar-refractivity contribution is 6.50. The molecule has 0 radical (unpaired) electrons. The van der Waals surface area contributed by atoms with Gasteiger partial charge in [-0.3, -0.25) is 14.9 Å². The molecule has 0 fully saturated rings. The fourth-order valence-electron chi connectivity index (χ4n) is 4.46. The Kier molecular flexibility index (Phi) is 5.24. The fourth-order valence-corrected chi connectivity index (χ4v) is 4.46. The summed E-state index contributed by atoms with van der Waals surface area (Å²) in [6, 6.07) is 12.6. The standard InChI is InChI=1S/C25H23N3O5/c1-2-33-13-14(29)11-28-12-17(21-19(28)8-5-9-20(21)30)23-22(24(31)27-25(23)32)16-10-26-18-7-4-3-6-15(16)18/h3-10,12,14,26,29-30H,2,11,13H2,1H3,(H,27,31,32). The van der Waals surface area contributed by atoms with Gasteiger partial charge in [0.15, 0.2) is 0 Å². The van der Waals surface area contributed by atoms with Crippen molar-refractivity contribution < 1.29 is 24.5 Å². The number of amides is 2. The van der Waals surface area contributed by atoms with Crippen LogP contribution in [0.1, 0.15) is 18.1 Å². The lowest BCUT2D eigenvalue weighted by Crippen LogP contribution is -2.22. The summed E-state index contributed by atoms with van der Waals surface area (Å²) >= 11 is 0. The molecule has 2 amide bonds. The number of hydrogen-bond acceptors (Lipinski definition) is 5. The highest BCUT2D eigenvalue weighted by Gasteiger charge is 2.35. The van der Waals surface area contributed by atoms with Crippen LogP contribution in [0.3, 0.4) is 0 Å². The number of phenols is 1. The first-order chi connectivity index (χ1) is 16.0. The molecule has 8 nitrogen and oxygen atoms in total. The zero-order valence-electron chi connectivity index (χ0n) is 18.0. The predicted molar refractivity (Wildman–Crippen MR) is 124 cm³/mol. The molecule has 2 aromatic heterocycles. The van der Waals surface area contributed by atoms with Crippen LogP contribution in [0.4, 0.5) is 0 Å². The third-order valence-electron chi connectivity index (χ3n) is 5.87. The van der Waals surface area contributed by atoms with E-state index in [0.717, 1.165) is 10.9 Å². The lowest BCUT2D eigenvalue weighted by atomic mass is 9.95. The molecular weight excluding hydrogens is 422 g/mol. The monoisotopic (exact) mass is 445 g/mol. The van der Waals surface area contributed by atoms with Crippen molar-refractivity contribution in [2.75, 3.05) is 13.2 Å². The number of hydrogen-bond donors (Lipinski definition) is 4. The van der Waals surface area contributed by atoms with Gasteiger partial charge in [-0.15, -0.1) is 0 Å². The molecule has 1 aliphatic rings. The molecule has 0 bridgehead atoms. The third-order valence-corrected chi connectivity index (χ3v) is 5.87. The summed E-state index contributed by atoms with van der Waals surface area (Å²) in [6.07, 6.45) is 2.63. The van der Waals surface area contributed by atoms with Gasteiger partial charge in [0.05, 0.1) is 35.9 Å². The van der Waals surface area contributed by atoms with Crippen LogP contribution in [-0.2, 0) is 20.9 Å². The second kappa shape index (κ2) is 8.23. The number of imide groups is 1. The van der Waals surface area contributed by atoms with Crippen molar-refractivity contribution >= 4 is 44.8 Å². The van der Waals surface area contributed by atoms with E-state index in [2.05, 4.69) is 10.3 Å².